The average molecular weight is 286 g/mol. The number of rotatable bonds is 5. The number of carbonyl (C=O) groups excluding carboxylic acids is 1. The second-order valence-corrected chi connectivity index (χ2v) is 6.55. The molecule has 1 unspecified atom stereocenters. The fourth-order valence-corrected chi connectivity index (χ4v) is 2.35. The van der Waals surface area contributed by atoms with Gasteiger partial charge >= 0.3 is 0 Å². The molecule has 0 aromatic heterocycles. The van der Waals surface area contributed by atoms with Crippen LogP contribution in [0.25, 0.3) is 0 Å². The van der Waals surface area contributed by atoms with E-state index in [1.165, 1.54) is 12.1 Å². The van der Waals surface area contributed by atoms with Crippen LogP contribution in [0, 0.1) is 11.2 Å². The van der Waals surface area contributed by atoms with E-state index in [4.69, 9.17) is 17.3 Å². The number of Topliss-reactive ketones (excluding diaryl/α,β-unsaturated/α-hetero) is 1. The lowest BCUT2D eigenvalue weighted by atomic mass is 9.86. The monoisotopic (exact) mass is 285 g/mol. The smallest absolute Gasteiger partial charge is 0.138 e. The number of carbonyl (C=O) groups is 1. The van der Waals surface area contributed by atoms with E-state index in [9.17, 15) is 9.18 Å². The molecule has 1 atom stereocenters. The molecule has 4 heteroatoms. The number of hydrogen-bond acceptors (Lipinski definition) is 2. The second kappa shape index (κ2) is 6.49. The predicted octanol–water partition coefficient (Wildman–Crippen LogP) is 3.74. The minimum absolute atomic E-state index is 0.00332. The molecule has 0 aliphatic carbocycles. The van der Waals surface area contributed by atoms with E-state index in [1.54, 1.807) is 6.07 Å². The highest BCUT2D eigenvalue weighted by Crippen LogP contribution is 2.23. The first-order chi connectivity index (χ1) is 8.69. The number of halogens is 2. The highest BCUT2D eigenvalue weighted by atomic mass is 35.5. The Balaban J connectivity index is 2.61. The van der Waals surface area contributed by atoms with Gasteiger partial charge in [-0.3, -0.25) is 4.79 Å². The summed E-state index contributed by atoms with van der Waals surface area (Å²) in [6.07, 6.45) is 1.01. The summed E-state index contributed by atoms with van der Waals surface area (Å²) in [5, 5.41) is 0.290. The van der Waals surface area contributed by atoms with Crippen molar-refractivity contribution in [3.63, 3.8) is 0 Å². The van der Waals surface area contributed by atoms with Gasteiger partial charge < -0.3 is 5.73 Å². The summed E-state index contributed by atoms with van der Waals surface area (Å²) in [5.41, 5.74) is 6.28. The molecule has 0 radical (unpaired) electrons. The van der Waals surface area contributed by atoms with Crippen LogP contribution in [0.2, 0.25) is 5.02 Å². The molecule has 0 aliphatic heterocycles. The third-order valence-electron chi connectivity index (χ3n) is 2.80. The number of ketones is 1. The summed E-state index contributed by atoms with van der Waals surface area (Å²) in [7, 11) is 0. The lowest BCUT2D eigenvalue weighted by Crippen LogP contribution is -2.29. The molecule has 0 aliphatic rings. The zero-order valence-electron chi connectivity index (χ0n) is 11.7. The molecule has 0 saturated heterocycles. The quantitative estimate of drug-likeness (QED) is 0.895. The summed E-state index contributed by atoms with van der Waals surface area (Å²) in [6, 6.07) is 4.22. The Morgan fingerprint density at radius 3 is 2.58 bits per heavy atom. The first-order valence-electron chi connectivity index (χ1n) is 6.39. The van der Waals surface area contributed by atoms with Gasteiger partial charge in [-0.05, 0) is 24.0 Å². The molecule has 0 saturated carbocycles. The van der Waals surface area contributed by atoms with Gasteiger partial charge in [0.2, 0.25) is 0 Å². The van der Waals surface area contributed by atoms with Crippen molar-refractivity contribution >= 4 is 17.4 Å². The summed E-state index contributed by atoms with van der Waals surface area (Å²) < 4.78 is 13.6. The number of hydrogen-bond donors (Lipinski definition) is 1. The largest absolute Gasteiger partial charge is 0.327 e. The first kappa shape index (κ1) is 16.1. The van der Waals surface area contributed by atoms with E-state index in [0.717, 1.165) is 6.42 Å². The fraction of sp³-hybridized carbons (Fsp3) is 0.533. The van der Waals surface area contributed by atoms with Gasteiger partial charge in [0.25, 0.3) is 0 Å². The van der Waals surface area contributed by atoms with Crippen LogP contribution in [-0.4, -0.2) is 11.8 Å². The van der Waals surface area contributed by atoms with Gasteiger partial charge in [-0.2, -0.15) is 0 Å². The van der Waals surface area contributed by atoms with Crippen LogP contribution in [0.15, 0.2) is 18.2 Å². The Kier molecular flexibility index (Phi) is 5.50. The maximum atomic E-state index is 13.6. The highest BCUT2D eigenvalue weighted by Gasteiger charge is 2.19. The van der Waals surface area contributed by atoms with Crippen LogP contribution in [0.3, 0.4) is 0 Å². The van der Waals surface area contributed by atoms with E-state index in [-0.39, 0.29) is 40.7 Å². The van der Waals surface area contributed by atoms with Crippen LogP contribution >= 0.6 is 11.6 Å². The first-order valence-corrected chi connectivity index (χ1v) is 6.77. The lowest BCUT2D eigenvalue weighted by Gasteiger charge is -2.22. The summed E-state index contributed by atoms with van der Waals surface area (Å²) >= 11 is 5.89. The Morgan fingerprint density at radius 2 is 2.05 bits per heavy atom. The van der Waals surface area contributed by atoms with Crippen molar-refractivity contribution in [1.82, 2.24) is 0 Å². The van der Waals surface area contributed by atoms with Crippen LogP contribution in [0.5, 0.6) is 0 Å². The lowest BCUT2D eigenvalue weighted by molar-refractivity contribution is -0.118. The Labute approximate surface area is 119 Å². The van der Waals surface area contributed by atoms with Crippen molar-refractivity contribution in [2.75, 3.05) is 0 Å². The van der Waals surface area contributed by atoms with E-state index in [1.807, 2.05) is 0 Å². The van der Waals surface area contributed by atoms with Gasteiger partial charge in [0.15, 0.2) is 0 Å². The van der Waals surface area contributed by atoms with Gasteiger partial charge in [-0.1, -0.05) is 38.4 Å². The van der Waals surface area contributed by atoms with Gasteiger partial charge in [-0.25, -0.2) is 4.39 Å². The number of benzene rings is 1. The van der Waals surface area contributed by atoms with Crippen LogP contribution in [0.4, 0.5) is 4.39 Å². The molecule has 1 aromatic carbocycles. The Hall–Kier alpha value is -0.930. The topological polar surface area (TPSA) is 43.1 Å². The molecule has 0 amide bonds. The summed E-state index contributed by atoms with van der Waals surface area (Å²) in [4.78, 5) is 11.9. The molecule has 1 rings (SSSR count). The van der Waals surface area contributed by atoms with Crippen LogP contribution < -0.4 is 5.73 Å². The fourth-order valence-electron chi connectivity index (χ4n) is 2.12. The SMILES string of the molecule is CC(C)(C)CC(N)CC(=O)Cc1c(F)cccc1Cl. The van der Waals surface area contributed by atoms with Gasteiger partial charge in [0, 0.05) is 29.5 Å². The van der Waals surface area contributed by atoms with Crippen molar-refractivity contribution in [2.45, 2.75) is 46.1 Å². The van der Waals surface area contributed by atoms with Crippen LogP contribution in [0.1, 0.15) is 39.2 Å². The third kappa shape index (κ3) is 5.70. The Morgan fingerprint density at radius 1 is 1.42 bits per heavy atom. The average Bonchev–Trinajstić information content (AvgIpc) is 2.20. The predicted molar refractivity (Wildman–Crippen MR) is 76.8 cm³/mol. The summed E-state index contributed by atoms with van der Waals surface area (Å²) in [5.74, 6) is -0.519. The minimum Gasteiger partial charge on any atom is -0.327 e. The van der Waals surface area contributed by atoms with Crippen molar-refractivity contribution < 1.29 is 9.18 Å². The molecule has 0 spiro atoms. The molecule has 2 N–H and O–H groups in total. The third-order valence-corrected chi connectivity index (χ3v) is 3.15. The maximum Gasteiger partial charge on any atom is 0.138 e. The normalized spacial score (nSPS) is 13.4. The van der Waals surface area contributed by atoms with E-state index in [2.05, 4.69) is 20.8 Å². The van der Waals surface area contributed by atoms with Crippen molar-refractivity contribution in [1.29, 1.82) is 0 Å². The van der Waals surface area contributed by atoms with Gasteiger partial charge in [0.1, 0.15) is 11.6 Å². The molecule has 0 bridgehead atoms. The molecule has 1 aromatic rings. The van der Waals surface area contributed by atoms with E-state index < -0.39 is 5.82 Å². The summed E-state index contributed by atoms with van der Waals surface area (Å²) in [6.45, 7) is 6.22. The molecular weight excluding hydrogens is 265 g/mol. The molecule has 0 fully saturated rings. The number of nitrogens with two attached hydrogens (primary N) is 1. The van der Waals surface area contributed by atoms with E-state index in [0.29, 0.717) is 0 Å². The van der Waals surface area contributed by atoms with Gasteiger partial charge in [0.05, 0.1) is 0 Å². The van der Waals surface area contributed by atoms with Crippen molar-refractivity contribution in [2.24, 2.45) is 11.1 Å². The van der Waals surface area contributed by atoms with Crippen molar-refractivity contribution in [3.8, 4) is 0 Å². The Bertz CT molecular complexity index is 434. The molecule has 19 heavy (non-hydrogen) atoms. The standard InChI is InChI=1S/C15H21ClFNO/c1-15(2,3)9-10(18)7-11(19)8-12-13(16)5-4-6-14(12)17/h4-6,10H,7-9,18H2,1-3H3. The molecule has 2 nitrogen and oxygen atoms in total. The second-order valence-electron chi connectivity index (χ2n) is 6.14. The maximum absolute atomic E-state index is 13.6. The zero-order chi connectivity index (χ0) is 14.6. The highest BCUT2D eigenvalue weighted by molar-refractivity contribution is 6.31. The minimum atomic E-state index is -0.440. The molecule has 106 valence electrons. The van der Waals surface area contributed by atoms with E-state index >= 15 is 0 Å². The van der Waals surface area contributed by atoms with Crippen LogP contribution in [-0.2, 0) is 11.2 Å². The molecule has 0 heterocycles. The zero-order valence-corrected chi connectivity index (χ0v) is 12.4. The van der Waals surface area contributed by atoms with Crippen molar-refractivity contribution in [3.05, 3.63) is 34.6 Å². The van der Waals surface area contributed by atoms with Gasteiger partial charge in [-0.15, -0.1) is 0 Å². The molecular formula is C15H21ClFNO.